The molecule has 2 amide bonds. The van der Waals surface area contributed by atoms with E-state index in [0.29, 0.717) is 41.9 Å². The molecule has 1 aliphatic rings. The lowest BCUT2D eigenvalue weighted by Crippen LogP contribution is -2.32. The molecule has 1 aromatic heterocycles. The highest BCUT2D eigenvalue weighted by atomic mass is 16.2. The number of fused-ring (bicyclic) bond motifs is 1. The number of hydrogen-bond acceptors (Lipinski definition) is 3. The summed E-state index contributed by atoms with van der Waals surface area (Å²) in [5.74, 6) is 4.79. The number of anilines is 1. The maximum absolute atomic E-state index is 12.7. The summed E-state index contributed by atoms with van der Waals surface area (Å²) in [6, 6.07) is 5.40. The molecule has 0 radical (unpaired) electrons. The van der Waals surface area contributed by atoms with Gasteiger partial charge in [0.15, 0.2) is 0 Å². The van der Waals surface area contributed by atoms with Crippen molar-refractivity contribution in [3.8, 4) is 24.7 Å². The van der Waals surface area contributed by atoms with Gasteiger partial charge in [-0.15, -0.1) is 18.8 Å². The van der Waals surface area contributed by atoms with Gasteiger partial charge in [0.1, 0.15) is 0 Å². The van der Waals surface area contributed by atoms with Crippen LogP contribution in [-0.2, 0) is 4.79 Å². The molecule has 2 aromatic rings. The van der Waals surface area contributed by atoms with Crippen molar-refractivity contribution in [1.82, 2.24) is 15.6 Å². The highest BCUT2D eigenvalue weighted by molar-refractivity contribution is 6.35. The predicted molar refractivity (Wildman–Crippen MR) is 120 cm³/mol. The zero-order chi connectivity index (χ0) is 21.7. The molecule has 1 aliphatic heterocycles. The van der Waals surface area contributed by atoms with E-state index < -0.39 is 0 Å². The van der Waals surface area contributed by atoms with E-state index in [0.717, 1.165) is 29.1 Å². The zero-order valence-electron chi connectivity index (χ0n) is 17.1. The lowest BCUT2D eigenvalue weighted by atomic mass is 10.0. The number of benzene rings is 1. The zero-order valence-corrected chi connectivity index (χ0v) is 17.1. The first-order valence-electron chi connectivity index (χ1n) is 9.72. The van der Waals surface area contributed by atoms with Crippen LogP contribution in [0.1, 0.15) is 44.9 Å². The molecule has 0 unspecified atom stereocenters. The van der Waals surface area contributed by atoms with Gasteiger partial charge in [0, 0.05) is 54.3 Å². The number of rotatable bonds is 7. The Bertz CT molecular complexity index is 1110. The fourth-order valence-corrected chi connectivity index (χ4v) is 3.46. The summed E-state index contributed by atoms with van der Waals surface area (Å²) in [5, 5.41) is 8.92. The van der Waals surface area contributed by atoms with Gasteiger partial charge in [0.2, 0.25) is 0 Å². The Morgan fingerprint density at radius 2 is 2.00 bits per heavy atom. The molecule has 4 N–H and O–H groups in total. The Morgan fingerprint density at radius 1 is 1.20 bits per heavy atom. The van der Waals surface area contributed by atoms with Gasteiger partial charge < -0.3 is 20.9 Å². The molecular weight excluding hydrogens is 376 g/mol. The fraction of sp³-hybridized carbons (Fsp3) is 0.250. The number of carbonyl (C=O) groups excluding carboxylic acids is 2. The van der Waals surface area contributed by atoms with Crippen molar-refractivity contribution in [3.63, 3.8) is 0 Å². The van der Waals surface area contributed by atoms with Crippen molar-refractivity contribution >= 4 is 29.2 Å². The Morgan fingerprint density at radius 3 is 2.73 bits per heavy atom. The summed E-state index contributed by atoms with van der Waals surface area (Å²) in [6.45, 7) is 5.56. The summed E-state index contributed by atoms with van der Waals surface area (Å²) in [7, 11) is 0. The normalized spacial score (nSPS) is 13.5. The van der Waals surface area contributed by atoms with Crippen molar-refractivity contribution in [2.75, 3.05) is 25.0 Å². The summed E-state index contributed by atoms with van der Waals surface area (Å²) in [5.41, 5.74) is 5.52. The number of aryl methyl sites for hydroxylation is 1. The Balaban J connectivity index is 1.80. The van der Waals surface area contributed by atoms with Gasteiger partial charge in [0.25, 0.3) is 11.8 Å². The van der Waals surface area contributed by atoms with E-state index in [-0.39, 0.29) is 11.8 Å². The maximum atomic E-state index is 12.7. The van der Waals surface area contributed by atoms with Gasteiger partial charge in [-0.25, -0.2) is 0 Å². The van der Waals surface area contributed by atoms with Crippen molar-refractivity contribution in [2.24, 2.45) is 0 Å². The van der Waals surface area contributed by atoms with E-state index in [2.05, 4.69) is 32.8 Å². The number of aromatic nitrogens is 1. The van der Waals surface area contributed by atoms with Crippen LogP contribution in [0.15, 0.2) is 18.2 Å². The fourth-order valence-electron chi connectivity index (χ4n) is 3.46. The first kappa shape index (κ1) is 21.0. The van der Waals surface area contributed by atoms with Crippen LogP contribution in [0.5, 0.6) is 0 Å². The third-order valence-electron chi connectivity index (χ3n) is 4.99. The number of nitrogens with one attached hydrogen (secondary N) is 4. The predicted octanol–water partition coefficient (Wildman–Crippen LogP) is 2.45. The second-order valence-electron chi connectivity index (χ2n) is 7.04. The van der Waals surface area contributed by atoms with Gasteiger partial charge in [-0.05, 0) is 43.7 Å². The molecule has 6 heteroatoms. The summed E-state index contributed by atoms with van der Waals surface area (Å²) >= 11 is 0. The third kappa shape index (κ3) is 4.30. The van der Waals surface area contributed by atoms with Gasteiger partial charge in [-0.1, -0.05) is 5.92 Å². The average molecular weight is 400 g/mol. The van der Waals surface area contributed by atoms with Crippen LogP contribution >= 0.6 is 0 Å². The number of hydrogen-bond donors (Lipinski definition) is 4. The molecule has 152 valence electrons. The van der Waals surface area contributed by atoms with Crippen LogP contribution in [-0.4, -0.2) is 36.4 Å². The summed E-state index contributed by atoms with van der Waals surface area (Å²) in [6.07, 6.45) is 13.1. The number of carbonyl (C=O) groups is 2. The second kappa shape index (κ2) is 9.17. The standard InChI is InChI=1S/C24H24N4O2/c1-5-7-10-25-11-12-26-24(30)22-15(3)21(27-16(22)4)14-19-18-13-17(6-2)8-9-20(18)28-23(19)29/h1-2,8-9,13-14,25,27H,7,10-12H2,3-4H3,(H,26,30)(H,28,29). The number of amides is 2. The third-order valence-corrected chi connectivity index (χ3v) is 4.99. The van der Waals surface area contributed by atoms with Crippen LogP contribution in [0.25, 0.3) is 11.6 Å². The Kier molecular flexibility index (Phi) is 6.41. The lowest BCUT2D eigenvalue weighted by molar-refractivity contribution is -0.110. The van der Waals surface area contributed by atoms with E-state index >= 15 is 0 Å². The molecule has 0 aliphatic carbocycles. The minimum Gasteiger partial charge on any atom is -0.358 e. The van der Waals surface area contributed by atoms with Gasteiger partial charge in [0.05, 0.1) is 11.1 Å². The van der Waals surface area contributed by atoms with Crippen molar-refractivity contribution in [1.29, 1.82) is 0 Å². The van der Waals surface area contributed by atoms with Gasteiger partial charge in [-0.2, -0.15) is 0 Å². The molecule has 0 spiro atoms. The van der Waals surface area contributed by atoms with Crippen molar-refractivity contribution in [3.05, 3.63) is 51.8 Å². The van der Waals surface area contributed by atoms with E-state index in [9.17, 15) is 9.59 Å². The lowest BCUT2D eigenvalue weighted by Gasteiger charge is -2.07. The number of terminal acetylenes is 2. The first-order valence-corrected chi connectivity index (χ1v) is 9.72. The summed E-state index contributed by atoms with van der Waals surface area (Å²) < 4.78 is 0. The monoisotopic (exact) mass is 400 g/mol. The van der Waals surface area contributed by atoms with Crippen molar-refractivity contribution in [2.45, 2.75) is 20.3 Å². The van der Waals surface area contributed by atoms with Crippen LogP contribution in [0.4, 0.5) is 5.69 Å². The molecule has 2 heterocycles. The van der Waals surface area contributed by atoms with Crippen molar-refractivity contribution < 1.29 is 9.59 Å². The molecule has 3 rings (SSSR count). The highest BCUT2D eigenvalue weighted by Gasteiger charge is 2.25. The minimum atomic E-state index is -0.199. The second-order valence-corrected chi connectivity index (χ2v) is 7.04. The molecule has 0 bridgehead atoms. The topological polar surface area (TPSA) is 86.0 Å². The quantitative estimate of drug-likeness (QED) is 0.327. The Labute approximate surface area is 176 Å². The van der Waals surface area contributed by atoms with Crippen LogP contribution < -0.4 is 16.0 Å². The molecular formula is C24H24N4O2. The molecule has 30 heavy (non-hydrogen) atoms. The van der Waals surface area contributed by atoms with Crippen LogP contribution in [0, 0.1) is 38.5 Å². The average Bonchev–Trinajstić information content (AvgIpc) is 3.19. The molecule has 6 nitrogen and oxygen atoms in total. The van der Waals surface area contributed by atoms with E-state index in [1.54, 1.807) is 18.2 Å². The first-order chi connectivity index (χ1) is 14.5. The van der Waals surface area contributed by atoms with E-state index in [1.165, 1.54) is 0 Å². The van der Waals surface area contributed by atoms with Gasteiger partial charge in [-0.3, -0.25) is 9.59 Å². The smallest absolute Gasteiger partial charge is 0.256 e. The van der Waals surface area contributed by atoms with E-state index in [1.807, 2.05) is 19.9 Å². The SMILES string of the molecule is C#CCCNCCNC(=O)c1c(C)[nH]c(C=C2C(=O)Nc3ccc(C#C)cc32)c1C. The molecule has 0 fully saturated rings. The van der Waals surface area contributed by atoms with E-state index in [4.69, 9.17) is 12.8 Å². The van der Waals surface area contributed by atoms with Crippen LogP contribution in [0.3, 0.4) is 0 Å². The Hall–Kier alpha value is -3.74. The molecule has 1 aromatic carbocycles. The molecule has 0 atom stereocenters. The molecule has 0 saturated carbocycles. The number of H-pyrrole nitrogens is 1. The number of aromatic amines is 1. The summed E-state index contributed by atoms with van der Waals surface area (Å²) in [4.78, 5) is 28.4. The largest absolute Gasteiger partial charge is 0.358 e. The maximum Gasteiger partial charge on any atom is 0.256 e. The minimum absolute atomic E-state index is 0.157. The molecule has 0 saturated heterocycles. The highest BCUT2D eigenvalue weighted by Crippen LogP contribution is 2.34. The van der Waals surface area contributed by atoms with Crippen LogP contribution in [0.2, 0.25) is 0 Å². The van der Waals surface area contributed by atoms with Gasteiger partial charge >= 0.3 is 0 Å².